The summed E-state index contributed by atoms with van der Waals surface area (Å²) < 4.78 is 4.83. The molecule has 0 aromatic heterocycles. The summed E-state index contributed by atoms with van der Waals surface area (Å²) in [5.74, 6) is 1.30. The number of methoxy groups -OCH3 is 1. The molecule has 2 unspecified atom stereocenters. The normalized spacial score (nSPS) is 24.9. The molecule has 0 saturated carbocycles. The van der Waals surface area contributed by atoms with E-state index in [0.717, 1.165) is 11.8 Å². The Morgan fingerprint density at radius 1 is 1.69 bits per heavy atom. The van der Waals surface area contributed by atoms with Crippen molar-refractivity contribution in [3.05, 3.63) is 0 Å². The van der Waals surface area contributed by atoms with Gasteiger partial charge in [-0.2, -0.15) is 11.8 Å². The van der Waals surface area contributed by atoms with Crippen LogP contribution < -0.4 is 5.32 Å². The molecule has 13 heavy (non-hydrogen) atoms. The van der Waals surface area contributed by atoms with Crippen LogP contribution in [0.25, 0.3) is 0 Å². The third-order valence-corrected chi connectivity index (χ3v) is 3.53. The average Bonchev–Trinajstić information content (AvgIpc) is 2.57. The van der Waals surface area contributed by atoms with E-state index < -0.39 is 0 Å². The molecule has 2 atom stereocenters. The fraction of sp³-hybridized carbons (Fsp3) is 1.00. The van der Waals surface area contributed by atoms with Crippen molar-refractivity contribution in [2.75, 3.05) is 32.6 Å². The van der Waals surface area contributed by atoms with E-state index in [0.29, 0.717) is 13.2 Å². The van der Waals surface area contributed by atoms with Gasteiger partial charge in [0.25, 0.3) is 0 Å². The molecule has 0 amide bonds. The Labute approximate surface area is 84.2 Å². The quantitative estimate of drug-likeness (QED) is 0.662. The number of thioether (sulfide) groups is 1. The third kappa shape index (κ3) is 4.86. The molecule has 0 aromatic rings. The van der Waals surface area contributed by atoms with E-state index in [2.05, 4.69) is 5.32 Å². The van der Waals surface area contributed by atoms with Crippen molar-refractivity contribution in [1.82, 2.24) is 5.32 Å². The van der Waals surface area contributed by atoms with Crippen molar-refractivity contribution in [3.63, 3.8) is 0 Å². The van der Waals surface area contributed by atoms with Crippen LogP contribution in [0.15, 0.2) is 0 Å². The molecule has 1 aliphatic heterocycles. The molecule has 1 fully saturated rings. The van der Waals surface area contributed by atoms with Gasteiger partial charge in [0.1, 0.15) is 0 Å². The lowest BCUT2D eigenvalue weighted by molar-refractivity contribution is 0.0647. The molecule has 0 radical (unpaired) electrons. The van der Waals surface area contributed by atoms with E-state index in [4.69, 9.17) is 4.74 Å². The molecule has 0 bridgehead atoms. The van der Waals surface area contributed by atoms with Gasteiger partial charge in [-0.15, -0.1) is 0 Å². The first-order valence-electron chi connectivity index (χ1n) is 4.82. The van der Waals surface area contributed by atoms with Crippen LogP contribution in [0.4, 0.5) is 0 Å². The highest BCUT2D eigenvalue weighted by atomic mass is 32.2. The van der Waals surface area contributed by atoms with Crippen LogP contribution in [-0.2, 0) is 4.74 Å². The zero-order valence-corrected chi connectivity index (χ0v) is 8.98. The number of hydrogen-bond donors (Lipinski definition) is 2. The second kappa shape index (κ2) is 6.65. The van der Waals surface area contributed by atoms with Crippen molar-refractivity contribution < 1.29 is 9.84 Å². The van der Waals surface area contributed by atoms with Crippen molar-refractivity contribution in [1.29, 1.82) is 0 Å². The van der Waals surface area contributed by atoms with Crippen LogP contribution in [0, 0.1) is 0 Å². The first-order chi connectivity index (χ1) is 6.33. The molecule has 1 saturated heterocycles. The summed E-state index contributed by atoms with van der Waals surface area (Å²) in [4.78, 5) is 0. The van der Waals surface area contributed by atoms with E-state index in [1.54, 1.807) is 7.11 Å². The first-order valence-corrected chi connectivity index (χ1v) is 5.87. The number of rotatable bonds is 6. The van der Waals surface area contributed by atoms with Gasteiger partial charge in [-0.3, -0.25) is 0 Å². The highest BCUT2D eigenvalue weighted by Gasteiger charge is 2.15. The Bertz CT molecular complexity index is 129. The number of hydrogen-bond acceptors (Lipinski definition) is 4. The predicted molar refractivity (Wildman–Crippen MR) is 56.2 cm³/mol. The van der Waals surface area contributed by atoms with Crippen LogP contribution in [0.1, 0.15) is 12.8 Å². The Hall–Kier alpha value is 0.230. The van der Waals surface area contributed by atoms with Crippen molar-refractivity contribution in [3.8, 4) is 0 Å². The minimum Gasteiger partial charge on any atom is -0.389 e. The fourth-order valence-electron chi connectivity index (χ4n) is 1.47. The maximum atomic E-state index is 9.33. The summed E-state index contributed by atoms with van der Waals surface area (Å²) in [5, 5.41) is 13.3. The third-order valence-electron chi connectivity index (χ3n) is 2.14. The topological polar surface area (TPSA) is 41.5 Å². The van der Waals surface area contributed by atoms with Gasteiger partial charge in [-0.05, 0) is 18.6 Å². The molecule has 1 rings (SSSR count). The minimum absolute atomic E-state index is 0.364. The second-order valence-electron chi connectivity index (χ2n) is 3.40. The lowest BCUT2D eigenvalue weighted by atomic mass is 10.2. The van der Waals surface area contributed by atoms with Gasteiger partial charge in [0.2, 0.25) is 0 Å². The number of nitrogens with one attached hydrogen (secondary N) is 1. The smallest absolute Gasteiger partial charge is 0.0897 e. The Balaban J connectivity index is 1.93. The minimum atomic E-state index is -0.364. The van der Waals surface area contributed by atoms with Gasteiger partial charge >= 0.3 is 0 Å². The zero-order valence-electron chi connectivity index (χ0n) is 8.16. The molecule has 0 aliphatic carbocycles. The van der Waals surface area contributed by atoms with E-state index >= 15 is 0 Å². The molecule has 1 heterocycles. The molecule has 78 valence electrons. The van der Waals surface area contributed by atoms with Crippen LogP contribution >= 0.6 is 11.8 Å². The molecular weight excluding hydrogens is 186 g/mol. The summed E-state index contributed by atoms with van der Waals surface area (Å²) in [7, 11) is 1.61. The Kier molecular flexibility index (Phi) is 5.78. The molecule has 0 aromatic carbocycles. The Morgan fingerprint density at radius 2 is 2.54 bits per heavy atom. The standard InChI is InChI=1S/C9H19NO2S/c1-12-7-8(11)5-10-6-9-3-2-4-13-9/h8-11H,2-7H2,1H3. The van der Waals surface area contributed by atoms with E-state index in [9.17, 15) is 5.11 Å². The molecule has 1 aliphatic rings. The largest absolute Gasteiger partial charge is 0.389 e. The summed E-state index contributed by atoms with van der Waals surface area (Å²) in [6, 6.07) is 0. The molecule has 3 nitrogen and oxygen atoms in total. The molecular formula is C9H19NO2S. The summed E-state index contributed by atoms with van der Waals surface area (Å²) in [6.07, 6.45) is 2.30. The van der Waals surface area contributed by atoms with E-state index in [1.807, 2.05) is 11.8 Å². The van der Waals surface area contributed by atoms with Crippen molar-refractivity contribution >= 4 is 11.8 Å². The zero-order chi connectivity index (χ0) is 9.52. The van der Waals surface area contributed by atoms with E-state index in [-0.39, 0.29) is 6.10 Å². The Morgan fingerprint density at radius 3 is 3.15 bits per heavy atom. The summed E-state index contributed by atoms with van der Waals surface area (Å²) >= 11 is 2.03. The first kappa shape index (κ1) is 11.3. The SMILES string of the molecule is COCC(O)CNCC1CCCS1. The van der Waals surface area contributed by atoms with Gasteiger partial charge in [0.15, 0.2) is 0 Å². The van der Waals surface area contributed by atoms with Crippen LogP contribution in [-0.4, -0.2) is 49.0 Å². The lowest BCUT2D eigenvalue weighted by Gasteiger charge is -2.13. The number of aliphatic hydroxyl groups excluding tert-OH is 1. The molecule has 2 N–H and O–H groups in total. The monoisotopic (exact) mass is 205 g/mol. The highest BCUT2D eigenvalue weighted by molar-refractivity contribution is 8.00. The van der Waals surface area contributed by atoms with Gasteiger partial charge < -0.3 is 15.2 Å². The fourth-order valence-corrected chi connectivity index (χ4v) is 2.70. The molecule has 4 heteroatoms. The summed E-state index contributed by atoms with van der Waals surface area (Å²) in [5.41, 5.74) is 0. The van der Waals surface area contributed by atoms with Gasteiger partial charge in [-0.1, -0.05) is 0 Å². The maximum absolute atomic E-state index is 9.33. The van der Waals surface area contributed by atoms with Gasteiger partial charge in [0, 0.05) is 25.4 Å². The summed E-state index contributed by atoms with van der Waals surface area (Å²) in [6.45, 7) is 2.08. The van der Waals surface area contributed by atoms with Gasteiger partial charge in [0.05, 0.1) is 12.7 Å². The van der Waals surface area contributed by atoms with Crippen LogP contribution in [0.3, 0.4) is 0 Å². The van der Waals surface area contributed by atoms with Crippen molar-refractivity contribution in [2.24, 2.45) is 0 Å². The average molecular weight is 205 g/mol. The number of ether oxygens (including phenoxy) is 1. The van der Waals surface area contributed by atoms with E-state index in [1.165, 1.54) is 18.6 Å². The second-order valence-corrected chi connectivity index (χ2v) is 4.81. The van der Waals surface area contributed by atoms with Crippen LogP contribution in [0.2, 0.25) is 0 Å². The number of aliphatic hydroxyl groups is 1. The van der Waals surface area contributed by atoms with Crippen molar-refractivity contribution in [2.45, 2.75) is 24.2 Å². The van der Waals surface area contributed by atoms with Crippen LogP contribution in [0.5, 0.6) is 0 Å². The predicted octanol–water partition coefficient (Wildman–Crippen LogP) is 0.479. The van der Waals surface area contributed by atoms with Gasteiger partial charge in [-0.25, -0.2) is 0 Å². The maximum Gasteiger partial charge on any atom is 0.0897 e. The highest BCUT2D eigenvalue weighted by Crippen LogP contribution is 2.25. The molecule has 0 spiro atoms. The lowest BCUT2D eigenvalue weighted by Crippen LogP contribution is -2.33.